The van der Waals surface area contributed by atoms with Crippen LogP contribution in [0.5, 0.6) is 0 Å². The second kappa shape index (κ2) is 7.65. The molecule has 1 aromatic heterocycles. The number of aryl methyl sites for hydroxylation is 1. The van der Waals surface area contributed by atoms with Gasteiger partial charge in [-0.15, -0.1) is 5.10 Å². The Balaban J connectivity index is 2.47. The third-order valence-corrected chi connectivity index (χ3v) is 5.95. The fourth-order valence-electron chi connectivity index (χ4n) is 2.98. The van der Waals surface area contributed by atoms with Gasteiger partial charge in [-0.05, 0) is 17.7 Å². The van der Waals surface area contributed by atoms with Gasteiger partial charge in [-0.2, -0.15) is 0 Å². The number of nitrogens with one attached hydrogen (secondary N) is 1. The Labute approximate surface area is 165 Å². The smallest absolute Gasteiger partial charge is 0.200 e. The maximum atomic E-state index is 12.3. The average molecular weight is 422 g/mol. The van der Waals surface area contributed by atoms with Crippen molar-refractivity contribution in [1.82, 2.24) is 15.1 Å². The van der Waals surface area contributed by atoms with Crippen LogP contribution in [-0.4, -0.2) is 23.8 Å². The summed E-state index contributed by atoms with van der Waals surface area (Å²) in [5, 5.41) is 15.0. The number of anilines is 1. The molecule has 11 N–H and O–H groups in total. The predicted octanol–water partition coefficient (Wildman–Crippen LogP) is -1.13. The van der Waals surface area contributed by atoms with Crippen LogP contribution in [0.4, 0.5) is 5.95 Å². The summed E-state index contributed by atoms with van der Waals surface area (Å²) in [5.74, 6) is 5.46. The maximum Gasteiger partial charge on any atom is 0.200 e. The number of hydrogen-bond acceptors (Lipinski definition) is 7. The molecule has 0 aliphatic heterocycles. The minimum Gasteiger partial charge on any atom is -0.382 e. The van der Waals surface area contributed by atoms with Crippen molar-refractivity contribution in [2.24, 2.45) is 34.0 Å². The first-order chi connectivity index (χ1) is 13.3. The molecule has 1 heterocycles. The standard InChI is InChI=1S/C15H19N9O2S2/c1-24-9-4-2-3-8(12(9)21-15(24)17)7-5-6-10(27(19)25)13(28(20)26)11(7)14(16)22-23-18/h2-6,23H,18-20H2,1H3,(H2,16,22)(H2,17,21). The van der Waals surface area contributed by atoms with E-state index >= 15 is 0 Å². The van der Waals surface area contributed by atoms with Crippen molar-refractivity contribution in [1.29, 1.82) is 0 Å². The molecule has 3 aromatic rings. The minimum absolute atomic E-state index is 0.00394. The molecule has 0 spiro atoms. The molecule has 2 aromatic carbocycles. The molecule has 0 radical (unpaired) electrons. The zero-order chi connectivity index (χ0) is 20.6. The van der Waals surface area contributed by atoms with Crippen molar-refractivity contribution >= 4 is 44.8 Å². The SMILES string of the molecule is Cn1c(N)nc2c(-c3ccc(S(N)=O)c(S(N)=O)c3/C(N)=N/NN)cccc21. The third-order valence-electron chi connectivity index (χ3n) is 4.22. The van der Waals surface area contributed by atoms with E-state index in [1.54, 1.807) is 23.7 Å². The first-order valence-electron chi connectivity index (χ1n) is 7.77. The number of fused-ring (bicyclic) bond motifs is 1. The number of nitrogens with two attached hydrogens (primary N) is 5. The van der Waals surface area contributed by atoms with Crippen LogP contribution in [-0.2, 0) is 29.0 Å². The summed E-state index contributed by atoms with van der Waals surface area (Å²) >= 11 is 0. The summed E-state index contributed by atoms with van der Waals surface area (Å²) in [7, 11) is -2.24. The molecule has 11 nitrogen and oxygen atoms in total. The maximum absolute atomic E-state index is 12.3. The van der Waals surface area contributed by atoms with Crippen LogP contribution in [0.3, 0.4) is 0 Å². The molecule has 148 valence electrons. The third kappa shape index (κ3) is 3.25. The number of nitrogens with zero attached hydrogens (tertiary/aromatic N) is 3. The Hall–Kier alpha value is -2.84. The van der Waals surface area contributed by atoms with Crippen LogP contribution in [0.15, 0.2) is 45.2 Å². The number of hydrazine groups is 1. The topological polar surface area (TPSA) is 206 Å². The van der Waals surface area contributed by atoms with E-state index in [-0.39, 0.29) is 21.2 Å². The van der Waals surface area contributed by atoms with Gasteiger partial charge in [0.1, 0.15) is 22.0 Å². The molecule has 0 aliphatic carbocycles. The number of amidine groups is 1. The van der Waals surface area contributed by atoms with Gasteiger partial charge in [-0.1, -0.05) is 18.2 Å². The number of benzene rings is 2. The number of para-hydroxylation sites is 1. The highest BCUT2D eigenvalue weighted by Gasteiger charge is 2.24. The number of rotatable bonds is 5. The zero-order valence-electron chi connectivity index (χ0n) is 14.7. The van der Waals surface area contributed by atoms with E-state index in [1.807, 2.05) is 12.1 Å². The van der Waals surface area contributed by atoms with Crippen LogP contribution in [0.25, 0.3) is 22.2 Å². The Bertz CT molecular complexity index is 1160. The highest BCUT2D eigenvalue weighted by atomic mass is 32.2. The lowest BCUT2D eigenvalue weighted by molar-refractivity contribution is 0.675. The van der Waals surface area contributed by atoms with E-state index in [0.717, 1.165) is 5.52 Å². The quantitative estimate of drug-likeness (QED) is 0.129. The molecule has 2 unspecified atom stereocenters. The molecule has 3 rings (SSSR count). The average Bonchev–Trinajstić information content (AvgIpc) is 2.95. The van der Waals surface area contributed by atoms with Gasteiger partial charge in [-0.3, -0.25) is 0 Å². The number of imidazole rings is 1. The van der Waals surface area contributed by atoms with Crippen LogP contribution in [0, 0.1) is 0 Å². The van der Waals surface area contributed by atoms with Crippen molar-refractivity contribution in [3.05, 3.63) is 35.9 Å². The van der Waals surface area contributed by atoms with Crippen molar-refractivity contribution in [3.8, 4) is 11.1 Å². The molecular formula is C15H19N9O2S2. The fourth-order valence-corrected chi connectivity index (χ4v) is 4.64. The van der Waals surface area contributed by atoms with Crippen LogP contribution in [0.2, 0.25) is 0 Å². The van der Waals surface area contributed by atoms with Gasteiger partial charge >= 0.3 is 0 Å². The molecule has 0 saturated carbocycles. The summed E-state index contributed by atoms with van der Waals surface area (Å²) < 4.78 is 26.0. The van der Waals surface area contributed by atoms with Gasteiger partial charge in [0.2, 0.25) is 5.95 Å². The Kier molecular flexibility index (Phi) is 5.44. The minimum atomic E-state index is -2.07. The predicted molar refractivity (Wildman–Crippen MR) is 110 cm³/mol. The van der Waals surface area contributed by atoms with E-state index in [2.05, 4.69) is 15.6 Å². The van der Waals surface area contributed by atoms with Gasteiger partial charge in [0.25, 0.3) is 0 Å². The van der Waals surface area contributed by atoms with Crippen LogP contribution >= 0.6 is 0 Å². The monoisotopic (exact) mass is 421 g/mol. The Morgan fingerprint density at radius 1 is 1.14 bits per heavy atom. The lowest BCUT2D eigenvalue weighted by atomic mass is 9.97. The normalized spacial score (nSPS) is 14.2. The zero-order valence-corrected chi connectivity index (χ0v) is 16.4. The second-order valence-corrected chi connectivity index (χ2v) is 7.78. The second-order valence-electron chi connectivity index (χ2n) is 5.74. The Morgan fingerprint density at radius 2 is 1.86 bits per heavy atom. The molecule has 0 saturated heterocycles. The highest BCUT2D eigenvalue weighted by Crippen LogP contribution is 2.35. The summed E-state index contributed by atoms with van der Waals surface area (Å²) in [6, 6.07) is 8.56. The molecule has 0 fully saturated rings. The fraction of sp³-hybridized carbons (Fsp3) is 0.0667. The van der Waals surface area contributed by atoms with Crippen LogP contribution < -0.4 is 33.1 Å². The molecule has 0 aliphatic rings. The lowest BCUT2D eigenvalue weighted by Crippen LogP contribution is -2.26. The van der Waals surface area contributed by atoms with Crippen molar-refractivity contribution in [3.63, 3.8) is 0 Å². The van der Waals surface area contributed by atoms with Gasteiger partial charge in [0.15, 0.2) is 5.84 Å². The lowest BCUT2D eigenvalue weighted by Gasteiger charge is -2.16. The van der Waals surface area contributed by atoms with Crippen LogP contribution in [0.1, 0.15) is 5.56 Å². The van der Waals surface area contributed by atoms with E-state index in [1.165, 1.54) is 6.07 Å². The molecule has 13 heteroatoms. The van der Waals surface area contributed by atoms with E-state index in [4.69, 9.17) is 27.6 Å². The highest BCUT2D eigenvalue weighted by molar-refractivity contribution is 7.86. The molecule has 2 atom stereocenters. The first kappa shape index (κ1) is 19.9. The molecular weight excluding hydrogens is 402 g/mol. The number of aromatic nitrogens is 2. The van der Waals surface area contributed by atoms with Gasteiger partial charge < -0.3 is 16.0 Å². The number of nitrogen functional groups attached to an aromatic ring is 1. The summed E-state index contributed by atoms with van der Waals surface area (Å²) in [6.07, 6.45) is 0. The van der Waals surface area contributed by atoms with Crippen molar-refractivity contribution in [2.45, 2.75) is 9.79 Å². The first-order valence-corrected chi connectivity index (χ1v) is 10.2. The largest absolute Gasteiger partial charge is 0.382 e. The molecule has 0 amide bonds. The van der Waals surface area contributed by atoms with Crippen molar-refractivity contribution < 1.29 is 8.42 Å². The Morgan fingerprint density at radius 3 is 2.46 bits per heavy atom. The van der Waals surface area contributed by atoms with E-state index in [9.17, 15) is 8.42 Å². The van der Waals surface area contributed by atoms with E-state index < -0.39 is 22.0 Å². The van der Waals surface area contributed by atoms with Crippen molar-refractivity contribution in [2.75, 3.05) is 5.73 Å². The summed E-state index contributed by atoms with van der Waals surface area (Å²) in [4.78, 5) is 4.46. The number of hydrazone groups is 1. The van der Waals surface area contributed by atoms with Gasteiger partial charge in [0, 0.05) is 18.2 Å². The van der Waals surface area contributed by atoms with Gasteiger partial charge in [0.05, 0.1) is 20.8 Å². The summed E-state index contributed by atoms with van der Waals surface area (Å²) in [6.45, 7) is 0. The molecule has 28 heavy (non-hydrogen) atoms. The van der Waals surface area contributed by atoms with Gasteiger partial charge in [-0.25, -0.2) is 35.1 Å². The summed E-state index contributed by atoms with van der Waals surface area (Å²) in [5.41, 5.74) is 16.8. The van der Waals surface area contributed by atoms with E-state index in [0.29, 0.717) is 22.6 Å². The molecule has 0 bridgehead atoms. The number of hydrogen-bond donors (Lipinski definition) is 6.